The standard InChI is InChI=1S/C17H20ClN3/c1-4-21(3)12-19-16-10-14(18)11-17(13(16)2)20-15-8-6-5-7-9-15/h5-12,20H,4H2,1-3H3/b19-12-. The summed E-state index contributed by atoms with van der Waals surface area (Å²) < 4.78 is 0. The molecule has 0 aliphatic carbocycles. The summed E-state index contributed by atoms with van der Waals surface area (Å²) in [7, 11) is 1.99. The second kappa shape index (κ2) is 7.14. The lowest BCUT2D eigenvalue weighted by molar-refractivity contribution is 0.552. The van der Waals surface area contributed by atoms with Crippen LogP contribution in [0.25, 0.3) is 0 Å². The van der Waals surface area contributed by atoms with Crippen LogP contribution in [-0.4, -0.2) is 24.8 Å². The molecule has 0 fully saturated rings. The van der Waals surface area contributed by atoms with Crippen molar-refractivity contribution in [3.8, 4) is 0 Å². The Balaban J connectivity index is 2.30. The average molecular weight is 302 g/mol. The van der Waals surface area contributed by atoms with Crippen LogP contribution in [0, 0.1) is 6.92 Å². The minimum absolute atomic E-state index is 0.672. The van der Waals surface area contributed by atoms with Crippen LogP contribution >= 0.6 is 11.6 Å². The van der Waals surface area contributed by atoms with E-state index in [4.69, 9.17) is 11.6 Å². The third-order valence-electron chi connectivity index (χ3n) is 3.29. The van der Waals surface area contributed by atoms with Gasteiger partial charge in [0.1, 0.15) is 0 Å². The minimum Gasteiger partial charge on any atom is -0.366 e. The van der Waals surface area contributed by atoms with E-state index < -0.39 is 0 Å². The van der Waals surface area contributed by atoms with Gasteiger partial charge in [-0.25, -0.2) is 4.99 Å². The third kappa shape index (κ3) is 4.23. The van der Waals surface area contributed by atoms with E-state index in [0.717, 1.165) is 29.2 Å². The molecule has 4 heteroatoms. The van der Waals surface area contributed by atoms with Crippen LogP contribution in [0.1, 0.15) is 12.5 Å². The van der Waals surface area contributed by atoms with Crippen molar-refractivity contribution >= 4 is 35.0 Å². The fourth-order valence-corrected chi connectivity index (χ4v) is 2.06. The van der Waals surface area contributed by atoms with E-state index >= 15 is 0 Å². The largest absolute Gasteiger partial charge is 0.366 e. The van der Waals surface area contributed by atoms with Gasteiger partial charge in [-0.3, -0.25) is 0 Å². The summed E-state index contributed by atoms with van der Waals surface area (Å²) in [6.07, 6.45) is 1.82. The smallest absolute Gasteiger partial charge is 0.0909 e. The molecular weight excluding hydrogens is 282 g/mol. The van der Waals surface area contributed by atoms with E-state index in [1.807, 2.05) is 67.7 Å². The number of hydrogen-bond acceptors (Lipinski definition) is 2. The number of nitrogens with one attached hydrogen (secondary N) is 1. The van der Waals surface area contributed by atoms with Gasteiger partial charge in [0.15, 0.2) is 0 Å². The fraction of sp³-hybridized carbons (Fsp3) is 0.235. The van der Waals surface area contributed by atoms with Crippen molar-refractivity contribution in [3.05, 3.63) is 53.1 Å². The first-order valence-corrected chi connectivity index (χ1v) is 7.34. The van der Waals surface area contributed by atoms with Gasteiger partial charge >= 0.3 is 0 Å². The molecule has 0 aliphatic rings. The van der Waals surface area contributed by atoms with Crippen molar-refractivity contribution in [2.45, 2.75) is 13.8 Å². The lowest BCUT2D eigenvalue weighted by Gasteiger charge is -2.13. The van der Waals surface area contributed by atoms with Crippen molar-refractivity contribution < 1.29 is 0 Å². The predicted octanol–water partition coefficient (Wildman–Crippen LogP) is 5.00. The van der Waals surface area contributed by atoms with E-state index in [1.54, 1.807) is 0 Å². The van der Waals surface area contributed by atoms with Crippen LogP contribution in [-0.2, 0) is 0 Å². The Kier molecular flexibility index (Phi) is 5.23. The maximum Gasteiger partial charge on any atom is 0.0909 e. The lowest BCUT2D eigenvalue weighted by atomic mass is 10.1. The van der Waals surface area contributed by atoms with Crippen LogP contribution in [0.2, 0.25) is 5.02 Å². The first-order chi connectivity index (χ1) is 10.1. The molecule has 0 radical (unpaired) electrons. The molecule has 0 aliphatic heterocycles. The summed E-state index contributed by atoms with van der Waals surface area (Å²) >= 11 is 6.21. The summed E-state index contributed by atoms with van der Waals surface area (Å²) in [5, 5.41) is 4.05. The maximum atomic E-state index is 6.21. The minimum atomic E-state index is 0.672. The van der Waals surface area contributed by atoms with Crippen LogP contribution in [0.3, 0.4) is 0 Å². The highest BCUT2D eigenvalue weighted by atomic mass is 35.5. The molecule has 0 saturated carbocycles. The van der Waals surface area contributed by atoms with Gasteiger partial charge in [-0.2, -0.15) is 0 Å². The zero-order chi connectivity index (χ0) is 15.2. The molecule has 0 amide bonds. The molecule has 0 atom stereocenters. The Bertz CT molecular complexity index is 623. The van der Waals surface area contributed by atoms with Crippen molar-refractivity contribution in [3.63, 3.8) is 0 Å². The summed E-state index contributed by atoms with van der Waals surface area (Å²) in [4.78, 5) is 6.53. The average Bonchev–Trinajstić information content (AvgIpc) is 2.49. The molecule has 0 spiro atoms. The second-order valence-electron chi connectivity index (χ2n) is 4.91. The topological polar surface area (TPSA) is 27.6 Å². The molecule has 0 saturated heterocycles. The third-order valence-corrected chi connectivity index (χ3v) is 3.51. The molecule has 2 aromatic carbocycles. The highest BCUT2D eigenvalue weighted by Gasteiger charge is 2.06. The molecule has 2 rings (SSSR count). The Hall–Kier alpha value is -2.00. The Labute approximate surface area is 131 Å². The van der Waals surface area contributed by atoms with Crippen LogP contribution in [0.4, 0.5) is 17.1 Å². The monoisotopic (exact) mass is 301 g/mol. The summed E-state index contributed by atoms with van der Waals surface area (Å²) in [6, 6.07) is 13.8. The molecule has 0 heterocycles. The van der Waals surface area contributed by atoms with Crippen molar-refractivity contribution in [2.24, 2.45) is 4.99 Å². The van der Waals surface area contributed by atoms with Crippen molar-refractivity contribution in [1.82, 2.24) is 4.90 Å². The number of aliphatic imine (C=N–C) groups is 1. The number of para-hydroxylation sites is 1. The van der Waals surface area contributed by atoms with Gasteiger partial charge < -0.3 is 10.2 Å². The number of nitrogens with zero attached hydrogens (tertiary/aromatic N) is 2. The highest BCUT2D eigenvalue weighted by molar-refractivity contribution is 6.31. The summed E-state index contributed by atoms with van der Waals surface area (Å²) in [6.45, 7) is 5.04. The Morgan fingerprint density at radius 2 is 1.95 bits per heavy atom. The first-order valence-electron chi connectivity index (χ1n) is 6.96. The number of rotatable bonds is 5. The highest BCUT2D eigenvalue weighted by Crippen LogP contribution is 2.32. The normalized spacial score (nSPS) is 10.9. The zero-order valence-electron chi connectivity index (χ0n) is 12.6. The number of benzene rings is 2. The molecular formula is C17H20ClN3. The van der Waals surface area contributed by atoms with E-state index in [9.17, 15) is 0 Å². The summed E-state index contributed by atoms with van der Waals surface area (Å²) in [5.41, 5.74) is 3.95. The van der Waals surface area contributed by atoms with E-state index in [1.165, 1.54) is 0 Å². The molecule has 3 nitrogen and oxygen atoms in total. The van der Waals surface area contributed by atoms with Gasteiger partial charge in [-0.05, 0) is 43.7 Å². The molecule has 0 bridgehead atoms. The van der Waals surface area contributed by atoms with Crippen molar-refractivity contribution in [2.75, 3.05) is 18.9 Å². The zero-order valence-corrected chi connectivity index (χ0v) is 13.4. The van der Waals surface area contributed by atoms with Crippen molar-refractivity contribution in [1.29, 1.82) is 0 Å². The van der Waals surface area contributed by atoms with Gasteiger partial charge in [0.05, 0.1) is 12.0 Å². The SMILES string of the molecule is CCN(C)/C=N\c1cc(Cl)cc(Nc2ccccc2)c1C. The number of anilines is 2. The first kappa shape index (κ1) is 15.4. The van der Waals surface area contributed by atoms with Gasteiger partial charge in [-0.15, -0.1) is 0 Å². The van der Waals surface area contributed by atoms with Gasteiger partial charge in [0.2, 0.25) is 0 Å². The summed E-state index contributed by atoms with van der Waals surface area (Å²) in [5.74, 6) is 0. The predicted molar refractivity (Wildman–Crippen MR) is 92.4 cm³/mol. The van der Waals surface area contributed by atoms with E-state index in [-0.39, 0.29) is 0 Å². The number of hydrogen-bond donors (Lipinski definition) is 1. The van der Waals surface area contributed by atoms with E-state index in [2.05, 4.69) is 17.2 Å². The second-order valence-corrected chi connectivity index (χ2v) is 5.34. The van der Waals surface area contributed by atoms with Crippen LogP contribution < -0.4 is 5.32 Å². The molecule has 0 unspecified atom stereocenters. The Morgan fingerprint density at radius 1 is 1.24 bits per heavy atom. The molecule has 1 N–H and O–H groups in total. The van der Waals surface area contributed by atoms with Gasteiger partial charge in [-0.1, -0.05) is 29.8 Å². The fourth-order valence-electron chi connectivity index (χ4n) is 1.85. The molecule has 2 aromatic rings. The van der Waals surface area contributed by atoms with E-state index in [0.29, 0.717) is 5.02 Å². The van der Waals surface area contributed by atoms with Crippen LogP contribution in [0.5, 0.6) is 0 Å². The number of halogens is 1. The Morgan fingerprint density at radius 3 is 2.62 bits per heavy atom. The van der Waals surface area contributed by atoms with Gasteiger partial charge in [0.25, 0.3) is 0 Å². The van der Waals surface area contributed by atoms with Gasteiger partial charge in [0, 0.05) is 30.0 Å². The lowest BCUT2D eigenvalue weighted by Crippen LogP contribution is -2.14. The maximum absolute atomic E-state index is 6.21. The molecule has 110 valence electrons. The quantitative estimate of drug-likeness (QED) is 0.621. The molecule has 0 aromatic heterocycles. The molecule has 21 heavy (non-hydrogen) atoms. The van der Waals surface area contributed by atoms with Crippen LogP contribution in [0.15, 0.2) is 47.5 Å².